The molecule has 0 aliphatic rings. The molecule has 0 aliphatic carbocycles. The molecule has 0 aliphatic heterocycles. The van der Waals surface area contributed by atoms with Crippen molar-refractivity contribution in [3.05, 3.63) is 24.3 Å². The quantitative estimate of drug-likeness (QED) is 0.796. The molecule has 100 valence electrons. The van der Waals surface area contributed by atoms with Gasteiger partial charge in [-0.25, -0.2) is 4.79 Å². The first-order chi connectivity index (χ1) is 8.49. The van der Waals surface area contributed by atoms with Gasteiger partial charge in [-0.1, -0.05) is 0 Å². The van der Waals surface area contributed by atoms with Gasteiger partial charge in [-0.3, -0.25) is 0 Å². The second kappa shape index (κ2) is 6.18. The molecule has 1 rings (SSSR count). The van der Waals surface area contributed by atoms with Crippen LogP contribution in [0.4, 0.5) is 14.5 Å². The van der Waals surface area contributed by atoms with Crippen molar-refractivity contribution in [1.29, 1.82) is 0 Å². The number of halogens is 2. The first-order valence-electron chi connectivity index (χ1n) is 5.42. The number of esters is 1. The van der Waals surface area contributed by atoms with E-state index < -0.39 is 18.4 Å². The predicted molar refractivity (Wildman–Crippen MR) is 63.1 cm³/mol. The summed E-state index contributed by atoms with van der Waals surface area (Å²) in [5.41, 5.74) is 0.472. The summed E-state index contributed by atoms with van der Waals surface area (Å²) in [6.45, 7) is 0.597. The van der Waals surface area contributed by atoms with Crippen LogP contribution in [0.15, 0.2) is 24.3 Å². The lowest BCUT2D eigenvalue weighted by molar-refractivity contribution is -0.169. The Bertz CT molecular complexity index is 393. The summed E-state index contributed by atoms with van der Waals surface area (Å²) in [6.07, 6.45) is 0. The first-order valence-corrected chi connectivity index (χ1v) is 5.42. The number of alkyl halides is 2. The number of hydrogen-bond acceptors (Lipinski definition) is 4. The van der Waals surface area contributed by atoms with Crippen LogP contribution in [0.5, 0.6) is 5.75 Å². The number of hydrogen-bond donors (Lipinski definition) is 1. The Morgan fingerprint density at radius 3 is 2.44 bits per heavy atom. The average Bonchev–Trinajstić information content (AvgIpc) is 2.37. The number of anilines is 1. The number of benzene rings is 1. The van der Waals surface area contributed by atoms with Gasteiger partial charge in [-0.2, -0.15) is 8.78 Å². The minimum absolute atomic E-state index is 0.0725. The summed E-state index contributed by atoms with van der Waals surface area (Å²) in [4.78, 5) is 11.0. The van der Waals surface area contributed by atoms with Crippen LogP contribution < -0.4 is 10.1 Å². The molecule has 0 radical (unpaired) electrons. The highest BCUT2D eigenvalue weighted by Crippen LogP contribution is 2.19. The number of methoxy groups -OCH3 is 1. The number of rotatable bonds is 6. The van der Waals surface area contributed by atoms with Crippen LogP contribution in [-0.4, -0.2) is 32.2 Å². The summed E-state index contributed by atoms with van der Waals surface area (Å²) in [7, 11) is 1.51. The molecule has 0 saturated carbocycles. The lowest BCUT2D eigenvalue weighted by atomic mass is 10.2. The summed E-state index contributed by atoms with van der Waals surface area (Å²) in [5, 5.41) is 2.47. The molecule has 0 spiro atoms. The van der Waals surface area contributed by atoms with E-state index in [1.165, 1.54) is 14.0 Å². The van der Waals surface area contributed by atoms with Crippen molar-refractivity contribution in [3.8, 4) is 5.75 Å². The monoisotopic (exact) mass is 259 g/mol. The average molecular weight is 259 g/mol. The predicted octanol–water partition coefficient (Wildman–Crippen LogP) is 2.31. The minimum atomic E-state index is -3.55. The SMILES string of the molecule is CCOC(=O)C(F)(F)CNc1ccc(OC)cc1. The van der Waals surface area contributed by atoms with Crippen molar-refractivity contribution < 1.29 is 23.0 Å². The van der Waals surface area contributed by atoms with Crippen LogP contribution in [0.25, 0.3) is 0 Å². The van der Waals surface area contributed by atoms with E-state index in [4.69, 9.17) is 4.74 Å². The van der Waals surface area contributed by atoms with E-state index in [9.17, 15) is 13.6 Å². The molecule has 6 heteroatoms. The first kappa shape index (κ1) is 14.2. The molecular formula is C12H15F2NO3. The highest BCUT2D eigenvalue weighted by Gasteiger charge is 2.40. The summed E-state index contributed by atoms with van der Waals surface area (Å²) < 4.78 is 35.8. The summed E-state index contributed by atoms with van der Waals surface area (Å²) in [5.74, 6) is -4.45. The Morgan fingerprint density at radius 2 is 1.94 bits per heavy atom. The van der Waals surface area contributed by atoms with Gasteiger partial charge in [0.05, 0.1) is 20.3 Å². The van der Waals surface area contributed by atoms with E-state index in [0.29, 0.717) is 11.4 Å². The van der Waals surface area contributed by atoms with Gasteiger partial charge >= 0.3 is 11.9 Å². The maximum Gasteiger partial charge on any atom is 0.378 e. The number of nitrogens with one attached hydrogen (secondary N) is 1. The Labute approximate surface area is 104 Å². The molecule has 0 fully saturated rings. The Morgan fingerprint density at radius 1 is 1.33 bits per heavy atom. The molecule has 0 bridgehead atoms. The van der Waals surface area contributed by atoms with Gasteiger partial charge < -0.3 is 14.8 Å². The van der Waals surface area contributed by atoms with Gasteiger partial charge in [0.15, 0.2) is 0 Å². The van der Waals surface area contributed by atoms with Crippen molar-refractivity contribution >= 4 is 11.7 Å². The molecule has 0 amide bonds. The minimum Gasteiger partial charge on any atom is -0.497 e. The Balaban J connectivity index is 2.55. The second-order valence-electron chi connectivity index (χ2n) is 3.51. The maximum absolute atomic E-state index is 13.3. The van der Waals surface area contributed by atoms with Crippen molar-refractivity contribution in [2.45, 2.75) is 12.8 Å². The van der Waals surface area contributed by atoms with Crippen LogP contribution in [0.2, 0.25) is 0 Å². The summed E-state index contributed by atoms with van der Waals surface area (Å²) >= 11 is 0. The fraction of sp³-hybridized carbons (Fsp3) is 0.417. The van der Waals surface area contributed by atoms with Crippen LogP contribution >= 0.6 is 0 Å². The van der Waals surface area contributed by atoms with Crippen LogP contribution in [0.3, 0.4) is 0 Å². The third-order valence-corrected chi connectivity index (χ3v) is 2.18. The smallest absolute Gasteiger partial charge is 0.378 e. The number of carbonyl (C=O) groups is 1. The molecule has 1 N–H and O–H groups in total. The fourth-order valence-corrected chi connectivity index (χ4v) is 1.23. The molecule has 1 aromatic carbocycles. The number of carbonyl (C=O) groups excluding carboxylic acids is 1. The molecule has 18 heavy (non-hydrogen) atoms. The van der Waals surface area contributed by atoms with Crippen molar-refractivity contribution in [2.24, 2.45) is 0 Å². The molecule has 0 atom stereocenters. The highest BCUT2D eigenvalue weighted by atomic mass is 19.3. The third-order valence-electron chi connectivity index (χ3n) is 2.18. The maximum atomic E-state index is 13.3. The van der Waals surface area contributed by atoms with Gasteiger partial charge in [0.2, 0.25) is 0 Å². The van der Waals surface area contributed by atoms with E-state index in [-0.39, 0.29) is 6.61 Å². The van der Waals surface area contributed by atoms with Crippen molar-refractivity contribution in [3.63, 3.8) is 0 Å². The van der Waals surface area contributed by atoms with E-state index in [1.54, 1.807) is 24.3 Å². The largest absolute Gasteiger partial charge is 0.497 e. The van der Waals surface area contributed by atoms with E-state index >= 15 is 0 Å². The normalized spacial score (nSPS) is 10.9. The molecular weight excluding hydrogens is 244 g/mol. The van der Waals surface area contributed by atoms with Gasteiger partial charge in [0.1, 0.15) is 5.75 Å². The molecule has 0 aromatic heterocycles. The lowest BCUT2D eigenvalue weighted by Crippen LogP contribution is -2.37. The highest BCUT2D eigenvalue weighted by molar-refractivity contribution is 5.78. The third kappa shape index (κ3) is 3.87. The van der Waals surface area contributed by atoms with E-state index in [2.05, 4.69) is 10.1 Å². The van der Waals surface area contributed by atoms with E-state index in [0.717, 1.165) is 0 Å². The van der Waals surface area contributed by atoms with E-state index in [1.807, 2.05) is 0 Å². The zero-order valence-electron chi connectivity index (χ0n) is 10.2. The molecule has 0 saturated heterocycles. The van der Waals surface area contributed by atoms with Crippen molar-refractivity contribution in [2.75, 3.05) is 25.6 Å². The molecule has 0 heterocycles. The molecule has 1 aromatic rings. The van der Waals surface area contributed by atoms with Crippen LogP contribution in [-0.2, 0) is 9.53 Å². The number of ether oxygens (including phenoxy) is 2. The lowest BCUT2D eigenvalue weighted by Gasteiger charge is -2.16. The zero-order valence-corrected chi connectivity index (χ0v) is 10.2. The zero-order chi connectivity index (χ0) is 13.6. The van der Waals surface area contributed by atoms with Gasteiger partial charge in [-0.05, 0) is 31.2 Å². The molecule has 0 unspecified atom stereocenters. The Kier molecular flexibility index (Phi) is 4.88. The van der Waals surface area contributed by atoms with Gasteiger partial charge in [0.25, 0.3) is 0 Å². The van der Waals surface area contributed by atoms with Crippen LogP contribution in [0, 0.1) is 0 Å². The van der Waals surface area contributed by atoms with Gasteiger partial charge in [-0.15, -0.1) is 0 Å². The topological polar surface area (TPSA) is 47.6 Å². The summed E-state index contributed by atoms with van der Waals surface area (Å²) in [6, 6.07) is 6.43. The van der Waals surface area contributed by atoms with Crippen molar-refractivity contribution in [1.82, 2.24) is 0 Å². The van der Waals surface area contributed by atoms with Gasteiger partial charge in [0, 0.05) is 5.69 Å². The molecule has 4 nitrogen and oxygen atoms in total. The Hall–Kier alpha value is -1.85. The van der Waals surface area contributed by atoms with Crippen LogP contribution in [0.1, 0.15) is 6.92 Å². The standard InChI is InChI=1S/C12H15F2NO3/c1-3-18-11(16)12(13,14)8-15-9-4-6-10(17-2)7-5-9/h4-7,15H,3,8H2,1-2H3. The second-order valence-corrected chi connectivity index (χ2v) is 3.51. The fourth-order valence-electron chi connectivity index (χ4n) is 1.23.